The molecule has 3 rings (SSSR count). The normalized spacial score (nSPS) is 14.5. The number of anilines is 2. The molecule has 1 heterocycles. The highest BCUT2D eigenvalue weighted by Gasteiger charge is 2.31. The maximum Gasteiger partial charge on any atom is 0.416 e. The molecule has 0 atom stereocenters. The van der Waals surface area contributed by atoms with Crippen LogP contribution in [0.1, 0.15) is 16.7 Å². The van der Waals surface area contributed by atoms with Crippen molar-refractivity contribution in [3.8, 4) is 0 Å². The summed E-state index contributed by atoms with van der Waals surface area (Å²) in [7, 11) is 0. The molecule has 22 heavy (non-hydrogen) atoms. The lowest BCUT2D eigenvalue weighted by molar-refractivity contribution is -0.137. The molecule has 0 fully saturated rings. The number of hydrogen-bond donors (Lipinski definition) is 2. The Balaban J connectivity index is 1.91. The largest absolute Gasteiger partial charge is 0.416 e. The lowest BCUT2D eigenvalue weighted by Crippen LogP contribution is -2.24. The molecule has 2 nitrogen and oxygen atoms in total. The quantitative estimate of drug-likeness (QED) is 0.811. The van der Waals surface area contributed by atoms with E-state index in [9.17, 15) is 17.6 Å². The van der Waals surface area contributed by atoms with Gasteiger partial charge in [-0.25, -0.2) is 4.39 Å². The summed E-state index contributed by atoms with van der Waals surface area (Å²) in [5.74, 6) is -0.915. The standard InChI is InChI=1S/C16H14F4N2/c17-13-8-11(16(18,19)20)4-5-15(13)22-14-3-1-2-10-9-21-7-6-12(10)14/h1-5,8,21-22H,6-7,9H2. The van der Waals surface area contributed by atoms with Gasteiger partial charge in [0.25, 0.3) is 0 Å². The molecule has 2 N–H and O–H groups in total. The topological polar surface area (TPSA) is 24.1 Å². The van der Waals surface area contributed by atoms with Crippen molar-refractivity contribution in [1.29, 1.82) is 0 Å². The molecule has 0 radical (unpaired) electrons. The van der Waals surface area contributed by atoms with Crippen LogP contribution in [0.2, 0.25) is 0 Å². The van der Waals surface area contributed by atoms with Gasteiger partial charge < -0.3 is 10.6 Å². The van der Waals surface area contributed by atoms with E-state index in [1.807, 2.05) is 12.1 Å². The van der Waals surface area contributed by atoms with Gasteiger partial charge in [-0.3, -0.25) is 0 Å². The van der Waals surface area contributed by atoms with Crippen LogP contribution in [0.3, 0.4) is 0 Å². The predicted octanol–water partition coefficient (Wildman–Crippen LogP) is 4.23. The highest BCUT2D eigenvalue weighted by molar-refractivity contribution is 5.66. The summed E-state index contributed by atoms with van der Waals surface area (Å²) >= 11 is 0. The van der Waals surface area contributed by atoms with Crippen LogP contribution in [0.25, 0.3) is 0 Å². The summed E-state index contributed by atoms with van der Waals surface area (Å²) in [6, 6.07) is 8.15. The van der Waals surface area contributed by atoms with E-state index in [0.29, 0.717) is 6.07 Å². The lowest BCUT2D eigenvalue weighted by Gasteiger charge is -2.21. The monoisotopic (exact) mass is 310 g/mol. The van der Waals surface area contributed by atoms with Gasteiger partial charge in [0.15, 0.2) is 0 Å². The third kappa shape index (κ3) is 2.92. The average molecular weight is 310 g/mol. The van der Waals surface area contributed by atoms with Crippen molar-refractivity contribution in [2.24, 2.45) is 0 Å². The van der Waals surface area contributed by atoms with Crippen LogP contribution in [0.15, 0.2) is 36.4 Å². The van der Waals surface area contributed by atoms with Gasteiger partial charge in [-0.15, -0.1) is 0 Å². The molecule has 0 spiro atoms. The molecule has 0 aliphatic carbocycles. The fraction of sp³-hybridized carbons (Fsp3) is 0.250. The minimum Gasteiger partial charge on any atom is -0.353 e. The van der Waals surface area contributed by atoms with Gasteiger partial charge in [0.1, 0.15) is 5.82 Å². The summed E-state index contributed by atoms with van der Waals surface area (Å²) in [5.41, 5.74) is 1.97. The molecule has 2 aromatic carbocycles. The van der Waals surface area contributed by atoms with Crippen molar-refractivity contribution < 1.29 is 17.6 Å². The minimum absolute atomic E-state index is 0.0416. The molecule has 0 saturated carbocycles. The van der Waals surface area contributed by atoms with Gasteiger partial charge in [0, 0.05) is 12.2 Å². The summed E-state index contributed by atoms with van der Waals surface area (Å²) in [6.45, 7) is 1.56. The highest BCUT2D eigenvalue weighted by Crippen LogP contribution is 2.33. The van der Waals surface area contributed by atoms with Crippen molar-refractivity contribution in [3.63, 3.8) is 0 Å². The molecular weight excluding hydrogens is 296 g/mol. The summed E-state index contributed by atoms with van der Waals surface area (Å²) in [6.07, 6.45) is -3.75. The molecule has 0 amide bonds. The van der Waals surface area contributed by atoms with Crippen molar-refractivity contribution in [1.82, 2.24) is 5.32 Å². The SMILES string of the molecule is Fc1cc(C(F)(F)F)ccc1Nc1cccc2c1CCNC2. The Morgan fingerprint density at radius 1 is 1.05 bits per heavy atom. The first kappa shape index (κ1) is 14.8. The van der Waals surface area contributed by atoms with E-state index in [0.717, 1.165) is 48.5 Å². The van der Waals surface area contributed by atoms with Crippen LogP contribution >= 0.6 is 0 Å². The fourth-order valence-electron chi connectivity index (χ4n) is 2.59. The number of halogens is 4. The Bertz CT molecular complexity index is 695. The number of rotatable bonds is 2. The second kappa shape index (κ2) is 5.61. The van der Waals surface area contributed by atoms with E-state index in [1.54, 1.807) is 6.07 Å². The second-order valence-corrected chi connectivity index (χ2v) is 5.19. The molecular formula is C16H14F4N2. The van der Waals surface area contributed by atoms with Gasteiger partial charge in [-0.05, 0) is 48.4 Å². The molecule has 0 unspecified atom stereocenters. The van der Waals surface area contributed by atoms with Gasteiger partial charge in [-0.2, -0.15) is 13.2 Å². The van der Waals surface area contributed by atoms with Gasteiger partial charge >= 0.3 is 6.18 Å². The van der Waals surface area contributed by atoms with Crippen molar-refractivity contribution in [2.75, 3.05) is 11.9 Å². The number of nitrogens with one attached hydrogen (secondary N) is 2. The maximum absolute atomic E-state index is 13.9. The Hall–Kier alpha value is -2.08. The van der Waals surface area contributed by atoms with E-state index < -0.39 is 17.6 Å². The molecule has 116 valence electrons. The third-order valence-electron chi connectivity index (χ3n) is 3.71. The third-order valence-corrected chi connectivity index (χ3v) is 3.71. The fourth-order valence-corrected chi connectivity index (χ4v) is 2.59. The predicted molar refractivity (Wildman–Crippen MR) is 76.5 cm³/mol. The van der Waals surface area contributed by atoms with Gasteiger partial charge in [0.2, 0.25) is 0 Å². The Morgan fingerprint density at radius 2 is 1.86 bits per heavy atom. The summed E-state index contributed by atoms with van der Waals surface area (Å²) < 4.78 is 51.6. The smallest absolute Gasteiger partial charge is 0.353 e. The lowest BCUT2D eigenvalue weighted by atomic mass is 9.99. The number of alkyl halides is 3. The van der Waals surface area contributed by atoms with E-state index in [2.05, 4.69) is 10.6 Å². The van der Waals surface area contributed by atoms with Crippen LogP contribution in [-0.2, 0) is 19.1 Å². The van der Waals surface area contributed by atoms with Crippen molar-refractivity contribution >= 4 is 11.4 Å². The van der Waals surface area contributed by atoms with Crippen molar-refractivity contribution in [3.05, 3.63) is 58.9 Å². The maximum atomic E-state index is 13.9. The Kier molecular flexibility index (Phi) is 3.78. The minimum atomic E-state index is -4.54. The second-order valence-electron chi connectivity index (χ2n) is 5.19. The molecule has 0 aromatic heterocycles. The molecule has 0 saturated heterocycles. The van der Waals surface area contributed by atoms with Crippen LogP contribution in [-0.4, -0.2) is 6.54 Å². The first-order valence-corrected chi connectivity index (χ1v) is 6.90. The zero-order valence-corrected chi connectivity index (χ0v) is 11.6. The van der Waals surface area contributed by atoms with Crippen molar-refractivity contribution in [2.45, 2.75) is 19.1 Å². The summed E-state index contributed by atoms with van der Waals surface area (Å²) in [4.78, 5) is 0. The zero-order valence-electron chi connectivity index (χ0n) is 11.6. The molecule has 6 heteroatoms. The molecule has 1 aliphatic rings. The molecule has 2 aromatic rings. The van der Waals surface area contributed by atoms with Gasteiger partial charge in [-0.1, -0.05) is 12.1 Å². The first-order valence-electron chi connectivity index (χ1n) is 6.90. The van der Waals surface area contributed by atoms with E-state index in [1.165, 1.54) is 0 Å². The number of hydrogen-bond acceptors (Lipinski definition) is 2. The molecule has 0 bridgehead atoms. The van der Waals surface area contributed by atoms with Crippen LogP contribution in [0, 0.1) is 5.82 Å². The van der Waals surface area contributed by atoms with Crippen LogP contribution in [0.5, 0.6) is 0 Å². The first-order chi connectivity index (χ1) is 10.4. The highest BCUT2D eigenvalue weighted by atomic mass is 19.4. The number of fused-ring (bicyclic) bond motifs is 1. The van der Waals surface area contributed by atoms with Crippen LogP contribution in [0.4, 0.5) is 28.9 Å². The number of benzene rings is 2. The van der Waals surface area contributed by atoms with Crippen LogP contribution < -0.4 is 10.6 Å². The van der Waals surface area contributed by atoms with Gasteiger partial charge in [0.05, 0.1) is 11.3 Å². The Morgan fingerprint density at radius 3 is 2.59 bits per heavy atom. The van der Waals surface area contributed by atoms with E-state index in [-0.39, 0.29) is 5.69 Å². The van der Waals surface area contributed by atoms with E-state index in [4.69, 9.17) is 0 Å². The zero-order chi connectivity index (χ0) is 15.7. The molecule has 1 aliphatic heterocycles. The average Bonchev–Trinajstić information content (AvgIpc) is 2.48. The summed E-state index contributed by atoms with van der Waals surface area (Å²) in [5, 5.41) is 6.15. The van der Waals surface area contributed by atoms with E-state index >= 15 is 0 Å². The Labute approximate surface area is 125 Å².